The van der Waals surface area contributed by atoms with Crippen LogP contribution in [0.1, 0.15) is 22.6 Å². The van der Waals surface area contributed by atoms with Crippen LogP contribution in [-0.4, -0.2) is 27.3 Å². The molecule has 1 unspecified atom stereocenters. The molecule has 0 spiro atoms. The van der Waals surface area contributed by atoms with Gasteiger partial charge in [-0.1, -0.05) is 12.1 Å². The number of nitrogens with zero attached hydrogens (tertiary/aromatic N) is 1. The molecule has 1 aliphatic heterocycles. The molecule has 1 atom stereocenters. The molecular formula is C19H15N5O3. The summed E-state index contributed by atoms with van der Waals surface area (Å²) in [6.07, 6.45) is 1.74. The summed E-state index contributed by atoms with van der Waals surface area (Å²) in [6, 6.07) is 11.4. The fourth-order valence-corrected chi connectivity index (χ4v) is 3.75. The van der Waals surface area contributed by atoms with Crippen LogP contribution in [-0.2, 0) is 0 Å². The molecule has 0 saturated carbocycles. The number of aromatic nitrogens is 4. The quantitative estimate of drug-likeness (QED) is 0.385. The molecule has 2 aromatic heterocycles. The molecule has 8 nitrogen and oxygen atoms in total. The van der Waals surface area contributed by atoms with E-state index >= 15 is 0 Å². The number of benzene rings is 2. The van der Waals surface area contributed by atoms with Gasteiger partial charge in [-0.25, -0.2) is 4.79 Å². The summed E-state index contributed by atoms with van der Waals surface area (Å²) < 4.78 is 5.36. The molecule has 134 valence electrons. The van der Waals surface area contributed by atoms with Crippen molar-refractivity contribution in [3.63, 3.8) is 0 Å². The molecule has 8 heteroatoms. The third-order valence-electron chi connectivity index (χ3n) is 4.90. The first-order chi connectivity index (χ1) is 13.2. The minimum atomic E-state index is -0.554. The van der Waals surface area contributed by atoms with Crippen molar-refractivity contribution < 1.29 is 4.74 Å². The molecule has 5 rings (SSSR count). The maximum absolute atomic E-state index is 12.7. The largest absolute Gasteiger partial charge is 0.497 e. The van der Waals surface area contributed by atoms with Crippen LogP contribution in [0, 0.1) is 0 Å². The van der Waals surface area contributed by atoms with Crippen molar-refractivity contribution in [2.75, 3.05) is 12.4 Å². The second kappa shape index (κ2) is 5.60. The van der Waals surface area contributed by atoms with E-state index in [0.717, 1.165) is 27.7 Å². The molecular weight excluding hydrogens is 346 g/mol. The zero-order valence-corrected chi connectivity index (χ0v) is 14.3. The van der Waals surface area contributed by atoms with Gasteiger partial charge >= 0.3 is 5.69 Å². The molecule has 1 aliphatic rings. The Bertz CT molecular complexity index is 1300. The van der Waals surface area contributed by atoms with Crippen LogP contribution in [0.2, 0.25) is 0 Å². The Kier molecular flexibility index (Phi) is 3.20. The van der Waals surface area contributed by atoms with Crippen LogP contribution >= 0.6 is 0 Å². The van der Waals surface area contributed by atoms with Crippen molar-refractivity contribution >= 4 is 22.4 Å². The lowest BCUT2D eigenvalue weighted by Crippen LogP contribution is -2.32. The zero-order valence-electron chi connectivity index (χ0n) is 14.3. The van der Waals surface area contributed by atoms with E-state index < -0.39 is 17.2 Å². The monoisotopic (exact) mass is 361 g/mol. The number of fused-ring (bicyclic) bond motifs is 4. The van der Waals surface area contributed by atoms with E-state index in [1.807, 2.05) is 36.4 Å². The highest BCUT2D eigenvalue weighted by molar-refractivity contribution is 5.91. The van der Waals surface area contributed by atoms with Crippen molar-refractivity contribution in [3.8, 4) is 5.75 Å². The van der Waals surface area contributed by atoms with Gasteiger partial charge in [0.25, 0.3) is 5.56 Å². The van der Waals surface area contributed by atoms with Gasteiger partial charge in [-0.3, -0.25) is 19.9 Å². The van der Waals surface area contributed by atoms with Gasteiger partial charge < -0.3 is 10.1 Å². The number of rotatable bonds is 2. The number of anilines is 2. The van der Waals surface area contributed by atoms with E-state index in [4.69, 9.17) is 4.74 Å². The second-order valence-corrected chi connectivity index (χ2v) is 6.39. The zero-order chi connectivity index (χ0) is 18.5. The Morgan fingerprint density at radius 3 is 2.81 bits per heavy atom. The van der Waals surface area contributed by atoms with Crippen LogP contribution in [0.25, 0.3) is 10.9 Å². The van der Waals surface area contributed by atoms with E-state index in [2.05, 4.69) is 25.5 Å². The molecule has 27 heavy (non-hydrogen) atoms. The minimum Gasteiger partial charge on any atom is -0.497 e. The standard InChI is InChI=1S/C19H15N5O3/c1-27-11-4-2-3-9(7-11)13-14-12(6-5-10-8-20-24-16(10)14)21-17-15(13)18(25)23-19(26)22-17/h2-8,13H,1H3,(H,20,24)(H3,21,22,23,25,26). The van der Waals surface area contributed by atoms with Crippen LogP contribution in [0.4, 0.5) is 11.5 Å². The number of aromatic amines is 3. The predicted molar refractivity (Wildman–Crippen MR) is 101 cm³/mol. The number of hydrogen-bond acceptors (Lipinski definition) is 5. The Morgan fingerprint density at radius 2 is 1.96 bits per heavy atom. The maximum Gasteiger partial charge on any atom is 0.327 e. The Labute approximate surface area is 152 Å². The average molecular weight is 361 g/mol. The molecule has 0 radical (unpaired) electrons. The Morgan fingerprint density at radius 1 is 1.07 bits per heavy atom. The van der Waals surface area contributed by atoms with Gasteiger partial charge in [-0.2, -0.15) is 5.10 Å². The van der Waals surface area contributed by atoms with Crippen molar-refractivity contribution in [1.82, 2.24) is 20.2 Å². The van der Waals surface area contributed by atoms with Gasteiger partial charge in [0.05, 0.1) is 24.4 Å². The summed E-state index contributed by atoms with van der Waals surface area (Å²) in [4.78, 5) is 29.6. The first-order valence-corrected chi connectivity index (χ1v) is 8.39. The van der Waals surface area contributed by atoms with E-state index in [1.165, 1.54) is 0 Å². The van der Waals surface area contributed by atoms with Crippen molar-refractivity contribution in [2.24, 2.45) is 0 Å². The van der Waals surface area contributed by atoms with Gasteiger partial charge in [0.15, 0.2) is 0 Å². The fourth-order valence-electron chi connectivity index (χ4n) is 3.75. The molecule has 0 amide bonds. The normalized spacial score (nSPS) is 15.1. The molecule has 4 N–H and O–H groups in total. The van der Waals surface area contributed by atoms with E-state index in [1.54, 1.807) is 13.3 Å². The first kappa shape index (κ1) is 15.4. The summed E-state index contributed by atoms with van der Waals surface area (Å²) in [6.45, 7) is 0. The number of hydrogen-bond donors (Lipinski definition) is 4. The summed E-state index contributed by atoms with van der Waals surface area (Å²) >= 11 is 0. The summed E-state index contributed by atoms with van der Waals surface area (Å²) in [5, 5.41) is 11.3. The van der Waals surface area contributed by atoms with Crippen molar-refractivity contribution in [2.45, 2.75) is 5.92 Å². The van der Waals surface area contributed by atoms with Gasteiger partial charge in [-0.15, -0.1) is 0 Å². The lowest BCUT2D eigenvalue weighted by Gasteiger charge is -2.29. The second-order valence-electron chi connectivity index (χ2n) is 6.39. The lowest BCUT2D eigenvalue weighted by molar-refractivity contribution is 0.414. The molecule has 4 aromatic rings. The van der Waals surface area contributed by atoms with Crippen LogP contribution in [0.15, 0.2) is 52.2 Å². The molecule has 0 bridgehead atoms. The Balaban J connectivity index is 1.89. The predicted octanol–water partition coefficient (Wildman–Crippen LogP) is 2.19. The van der Waals surface area contributed by atoms with E-state index in [0.29, 0.717) is 17.1 Å². The maximum atomic E-state index is 12.7. The highest BCUT2D eigenvalue weighted by Crippen LogP contribution is 2.45. The van der Waals surface area contributed by atoms with E-state index in [9.17, 15) is 9.59 Å². The Hall–Kier alpha value is -3.81. The summed E-state index contributed by atoms with van der Waals surface area (Å²) in [5.74, 6) is 0.672. The molecule has 0 fully saturated rings. The van der Waals surface area contributed by atoms with Crippen LogP contribution < -0.4 is 21.3 Å². The van der Waals surface area contributed by atoms with E-state index in [-0.39, 0.29) is 0 Å². The highest BCUT2D eigenvalue weighted by atomic mass is 16.5. The number of H-pyrrole nitrogens is 3. The number of nitrogens with one attached hydrogen (secondary N) is 4. The molecule has 2 aromatic carbocycles. The first-order valence-electron chi connectivity index (χ1n) is 8.39. The fraction of sp³-hybridized carbons (Fsp3) is 0.105. The van der Waals surface area contributed by atoms with Gasteiger partial charge in [0.1, 0.15) is 11.6 Å². The topological polar surface area (TPSA) is 116 Å². The van der Waals surface area contributed by atoms with Gasteiger partial charge in [0.2, 0.25) is 0 Å². The smallest absolute Gasteiger partial charge is 0.327 e. The number of ether oxygens (including phenoxy) is 1. The number of methoxy groups -OCH3 is 1. The third kappa shape index (κ3) is 2.27. The molecule has 3 heterocycles. The summed E-state index contributed by atoms with van der Waals surface area (Å²) in [7, 11) is 1.60. The SMILES string of the molecule is COc1cccc(C2c3c([nH]c(=O)[nH]c3=O)Nc3ccc4cn[nH]c4c32)c1. The highest BCUT2D eigenvalue weighted by Gasteiger charge is 2.32. The van der Waals surface area contributed by atoms with Gasteiger partial charge in [-0.05, 0) is 29.8 Å². The molecule has 0 saturated heterocycles. The van der Waals surface area contributed by atoms with Crippen molar-refractivity contribution in [1.29, 1.82) is 0 Å². The summed E-state index contributed by atoms with van der Waals surface area (Å²) in [5.41, 5.74) is 2.86. The van der Waals surface area contributed by atoms with Crippen LogP contribution in [0.5, 0.6) is 5.75 Å². The van der Waals surface area contributed by atoms with Gasteiger partial charge in [0, 0.05) is 22.6 Å². The lowest BCUT2D eigenvalue weighted by atomic mass is 9.81. The van der Waals surface area contributed by atoms with Crippen LogP contribution in [0.3, 0.4) is 0 Å². The van der Waals surface area contributed by atoms with Crippen molar-refractivity contribution in [3.05, 3.63) is 80.1 Å². The molecule has 0 aliphatic carbocycles. The minimum absolute atomic E-state index is 0.392. The third-order valence-corrected chi connectivity index (χ3v) is 4.90. The average Bonchev–Trinajstić information content (AvgIpc) is 3.15.